The Balaban J connectivity index is 2.06. The van der Waals surface area contributed by atoms with Gasteiger partial charge in [0.25, 0.3) is 0 Å². The Kier molecular flexibility index (Phi) is 5.79. The van der Waals surface area contributed by atoms with Gasteiger partial charge in [0.2, 0.25) is 11.8 Å². The fourth-order valence-electron chi connectivity index (χ4n) is 3.45. The number of methoxy groups -OCH3 is 2. The van der Waals surface area contributed by atoms with E-state index in [-0.39, 0.29) is 24.3 Å². The first-order chi connectivity index (χ1) is 13.5. The lowest BCUT2D eigenvalue weighted by Crippen LogP contribution is -2.24. The number of anilines is 2. The maximum atomic E-state index is 12.3. The SMILES string of the molecule is C=CCn1cc([C@H]2CC(=O)Nc3cc(OC)c(NC(=O)COC)cc32)c(C)n1. The number of rotatable bonds is 7. The van der Waals surface area contributed by atoms with Crippen LogP contribution in [-0.4, -0.2) is 42.4 Å². The molecule has 1 aromatic heterocycles. The van der Waals surface area contributed by atoms with Crippen molar-refractivity contribution < 1.29 is 19.1 Å². The van der Waals surface area contributed by atoms with Crippen LogP contribution in [0.25, 0.3) is 0 Å². The molecule has 0 unspecified atom stereocenters. The Morgan fingerprint density at radius 2 is 2.21 bits per heavy atom. The van der Waals surface area contributed by atoms with Crippen LogP contribution in [0.5, 0.6) is 5.75 Å². The van der Waals surface area contributed by atoms with E-state index in [1.54, 1.807) is 16.8 Å². The van der Waals surface area contributed by atoms with Crippen molar-refractivity contribution >= 4 is 23.2 Å². The third-order valence-electron chi connectivity index (χ3n) is 4.64. The lowest BCUT2D eigenvalue weighted by atomic mass is 9.84. The molecule has 0 aliphatic carbocycles. The molecule has 2 N–H and O–H groups in total. The summed E-state index contributed by atoms with van der Waals surface area (Å²) in [6.45, 7) is 6.19. The molecule has 2 heterocycles. The van der Waals surface area contributed by atoms with Crippen molar-refractivity contribution in [3.8, 4) is 5.75 Å². The zero-order valence-electron chi connectivity index (χ0n) is 16.2. The van der Waals surface area contributed by atoms with Gasteiger partial charge in [0.1, 0.15) is 12.4 Å². The summed E-state index contributed by atoms with van der Waals surface area (Å²) < 4.78 is 12.1. The molecule has 2 aromatic rings. The van der Waals surface area contributed by atoms with Gasteiger partial charge in [-0.05, 0) is 18.6 Å². The third-order valence-corrected chi connectivity index (χ3v) is 4.64. The van der Waals surface area contributed by atoms with E-state index in [1.165, 1.54) is 14.2 Å². The Hall–Kier alpha value is -3.13. The predicted molar refractivity (Wildman–Crippen MR) is 106 cm³/mol. The summed E-state index contributed by atoms with van der Waals surface area (Å²) in [6, 6.07) is 3.57. The molecular formula is C20H24N4O4. The number of ether oxygens (including phenoxy) is 2. The van der Waals surface area contributed by atoms with Crippen LogP contribution in [0.3, 0.4) is 0 Å². The second kappa shape index (κ2) is 8.26. The molecule has 2 amide bonds. The first-order valence-electron chi connectivity index (χ1n) is 8.92. The molecule has 1 aliphatic heterocycles. The molecule has 0 radical (unpaired) electrons. The number of amides is 2. The fraction of sp³-hybridized carbons (Fsp3) is 0.350. The smallest absolute Gasteiger partial charge is 0.250 e. The molecular weight excluding hydrogens is 360 g/mol. The van der Waals surface area contributed by atoms with E-state index in [4.69, 9.17) is 9.47 Å². The molecule has 0 spiro atoms. The molecule has 28 heavy (non-hydrogen) atoms. The molecule has 0 fully saturated rings. The first kappa shape index (κ1) is 19.6. The van der Waals surface area contributed by atoms with E-state index in [0.29, 0.717) is 30.1 Å². The van der Waals surface area contributed by atoms with Crippen LogP contribution < -0.4 is 15.4 Å². The molecule has 0 bridgehead atoms. The van der Waals surface area contributed by atoms with E-state index in [0.717, 1.165) is 16.8 Å². The number of carbonyl (C=O) groups excluding carboxylic acids is 2. The second-order valence-corrected chi connectivity index (χ2v) is 6.61. The van der Waals surface area contributed by atoms with Gasteiger partial charge in [0.15, 0.2) is 0 Å². The standard InChI is InChI=1S/C20H24N4O4/c1-5-6-24-10-15(12(2)23-24)13-8-19(25)21-16-9-18(28-4)17(7-14(13)16)22-20(26)11-27-3/h5,7,9-10,13H,1,6,8,11H2,2-4H3,(H,21,25)(H,22,26)/t13-/m0/s1. The Morgan fingerprint density at radius 1 is 1.43 bits per heavy atom. The van der Waals surface area contributed by atoms with Gasteiger partial charge in [-0.15, -0.1) is 6.58 Å². The van der Waals surface area contributed by atoms with Gasteiger partial charge in [-0.1, -0.05) is 6.08 Å². The molecule has 3 rings (SSSR count). The number of carbonyl (C=O) groups is 2. The topological polar surface area (TPSA) is 94.5 Å². The van der Waals surface area contributed by atoms with Crippen LogP contribution in [0, 0.1) is 6.92 Å². The minimum Gasteiger partial charge on any atom is -0.494 e. The number of aromatic nitrogens is 2. The van der Waals surface area contributed by atoms with Crippen LogP contribution in [-0.2, 0) is 20.9 Å². The minimum absolute atomic E-state index is 0.0617. The molecule has 0 saturated carbocycles. The summed E-state index contributed by atoms with van der Waals surface area (Å²) in [7, 11) is 2.97. The summed E-state index contributed by atoms with van der Waals surface area (Å²) in [6.07, 6.45) is 4.01. The predicted octanol–water partition coefficient (Wildman–Crippen LogP) is 2.45. The summed E-state index contributed by atoms with van der Waals surface area (Å²) >= 11 is 0. The van der Waals surface area contributed by atoms with E-state index >= 15 is 0 Å². The average Bonchev–Trinajstić information content (AvgIpc) is 3.01. The van der Waals surface area contributed by atoms with Gasteiger partial charge in [-0.3, -0.25) is 14.3 Å². The van der Waals surface area contributed by atoms with E-state index in [2.05, 4.69) is 22.3 Å². The molecule has 0 saturated heterocycles. The summed E-state index contributed by atoms with van der Waals surface area (Å²) in [5.41, 5.74) is 3.92. The summed E-state index contributed by atoms with van der Waals surface area (Å²) in [5, 5.41) is 10.2. The Labute approximate surface area is 163 Å². The zero-order valence-corrected chi connectivity index (χ0v) is 16.2. The lowest BCUT2D eigenvalue weighted by molar-refractivity contribution is -0.119. The number of hydrogen-bond donors (Lipinski definition) is 2. The lowest BCUT2D eigenvalue weighted by Gasteiger charge is -2.27. The van der Waals surface area contributed by atoms with Crippen molar-refractivity contribution in [3.05, 3.63) is 47.8 Å². The largest absolute Gasteiger partial charge is 0.494 e. The maximum Gasteiger partial charge on any atom is 0.250 e. The Morgan fingerprint density at radius 3 is 2.89 bits per heavy atom. The van der Waals surface area contributed by atoms with Crippen molar-refractivity contribution in [1.82, 2.24) is 9.78 Å². The highest BCUT2D eigenvalue weighted by Crippen LogP contribution is 2.42. The summed E-state index contributed by atoms with van der Waals surface area (Å²) in [5.74, 6) is -0.0757. The molecule has 1 atom stereocenters. The number of allylic oxidation sites excluding steroid dienone is 1. The monoisotopic (exact) mass is 384 g/mol. The van der Waals surface area contributed by atoms with Crippen molar-refractivity contribution in [1.29, 1.82) is 0 Å². The zero-order chi connectivity index (χ0) is 20.3. The number of benzene rings is 1. The van der Waals surface area contributed by atoms with Gasteiger partial charge in [0.05, 0.1) is 25.0 Å². The number of aryl methyl sites for hydroxylation is 1. The molecule has 148 valence electrons. The van der Waals surface area contributed by atoms with Crippen LogP contribution in [0.4, 0.5) is 11.4 Å². The van der Waals surface area contributed by atoms with Crippen molar-refractivity contribution in [2.75, 3.05) is 31.5 Å². The highest BCUT2D eigenvalue weighted by Gasteiger charge is 2.30. The highest BCUT2D eigenvalue weighted by atomic mass is 16.5. The number of nitrogens with one attached hydrogen (secondary N) is 2. The van der Waals surface area contributed by atoms with Gasteiger partial charge in [-0.2, -0.15) is 5.10 Å². The maximum absolute atomic E-state index is 12.3. The van der Waals surface area contributed by atoms with E-state index in [9.17, 15) is 9.59 Å². The van der Waals surface area contributed by atoms with Gasteiger partial charge < -0.3 is 20.1 Å². The van der Waals surface area contributed by atoms with Gasteiger partial charge >= 0.3 is 0 Å². The van der Waals surface area contributed by atoms with Crippen molar-refractivity contribution in [2.45, 2.75) is 25.8 Å². The van der Waals surface area contributed by atoms with Crippen LogP contribution in [0.2, 0.25) is 0 Å². The van der Waals surface area contributed by atoms with Crippen LogP contribution in [0.15, 0.2) is 31.0 Å². The first-order valence-corrected chi connectivity index (χ1v) is 8.92. The van der Waals surface area contributed by atoms with Gasteiger partial charge in [-0.25, -0.2) is 0 Å². The number of hydrogen-bond acceptors (Lipinski definition) is 5. The van der Waals surface area contributed by atoms with Crippen LogP contribution >= 0.6 is 0 Å². The van der Waals surface area contributed by atoms with Gasteiger partial charge in [0, 0.05) is 43.0 Å². The van der Waals surface area contributed by atoms with Crippen LogP contribution in [0.1, 0.15) is 29.2 Å². The normalized spacial score (nSPS) is 15.5. The average molecular weight is 384 g/mol. The van der Waals surface area contributed by atoms with Crippen molar-refractivity contribution in [3.63, 3.8) is 0 Å². The fourth-order valence-corrected chi connectivity index (χ4v) is 3.45. The third kappa shape index (κ3) is 3.91. The highest BCUT2D eigenvalue weighted by molar-refractivity contribution is 5.98. The van der Waals surface area contributed by atoms with E-state index in [1.807, 2.05) is 19.2 Å². The molecule has 1 aliphatic rings. The summed E-state index contributed by atoms with van der Waals surface area (Å²) in [4.78, 5) is 24.3. The molecule has 8 heteroatoms. The van der Waals surface area contributed by atoms with E-state index < -0.39 is 0 Å². The van der Waals surface area contributed by atoms with Crippen molar-refractivity contribution in [2.24, 2.45) is 0 Å². The number of nitrogens with zero attached hydrogens (tertiary/aromatic N) is 2. The minimum atomic E-state index is -0.285. The Bertz CT molecular complexity index is 919. The molecule has 8 nitrogen and oxygen atoms in total. The number of fused-ring (bicyclic) bond motifs is 1. The molecule has 1 aromatic carbocycles. The quantitative estimate of drug-likeness (QED) is 0.715. The second-order valence-electron chi connectivity index (χ2n) is 6.61.